The molecule has 1 aromatic rings. The second-order valence-corrected chi connectivity index (χ2v) is 3.59. The van der Waals surface area contributed by atoms with Gasteiger partial charge in [-0.2, -0.15) is 0 Å². The summed E-state index contributed by atoms with van der Waals surface area (Å²) in [7, 11) is 1.19. The standard InChI is InChI=1S/C9H6BrFO5/c1-16-8-3(10)2-4(11)5(6(8)12)7(13)9(14)15/h2,12H,1H3,(H,14,15). The van der Waals surface area contributed by atoms with Crippen LogP contribution in [0.5, 0.6) is 11.5 Å². The fraction of sp³-hybridized carbons (Fsp3) is 0.111. The molecule has 5 nitrogen and oxygen atoms in total. The first-order valence-electron chi connectivity index (χ1n) is 3.92. The summed E-state index contributed by atoms with van der Waals surface area (Å²) in [6, 6.07) is 0.842. The number of Topliss-reactive ketones (excluding diaryl/α,β-unsaturated/α-hetero) is 1. The van der Waals surface area contributed by atoms with Crippen LogP contribution in [0.4, 0.5) is 4.39 Å². The van der Waals surface area contributed by atoms with Crippen molar-refractivity contribution in [2.45, 2.75) is 0 Å². The molecule has 0 bridgehead atoms. The zero-order chi connectivity index (χ0) is 12.5. The molecule has 1 rings (SSSR count). The zero-order valence-corrected chi connectivity index (χ0v) is 9.54. The zero-order valence-electron chi connectivity index (χ0n) is 7.95. The first-order chi connectivity index (χ1) is 7.40. The van der Waals surface area contributed by atoms with Gasteiger partial charge in [-0.15, -0.1) is 0 Å². The molecular formula is C9H6BrFO5. The van der Waals surface area contributed by atoms with Crippen LogP contribution in [-0.4, -0.2) is 29.1 Å². The third-order valence-electron chi connectivity index (χ3n) is 1.79. The summed E-state index contributed by atoms with van der Waals surface area (Å²) in [5.41, 5.74) is -0.924. The van der Waals surface area contributed by atoms with Crippen molar-refractivity contribution in [3.8, 4) is 11.5 Å². The SMILES string of the molecule is COc1c(Br)cc(F)c(C(=O)C(=O)O)c1O. The molecule has 0 aromatic heterocycles. The normalized spacial score (nSPS) is 9.94. The van der Waals surface area contributed by atoms with Gasteiger partial charge in [0.05, 0.1) is 11.6 Å². The number of carboxylic acids is 1. The lowest BCUT2D eigenvalue weighted by Gasteiger charge is -2.09. The minimum Gasteiger partial charge on any atom is -0.504 e. The Labute approximate surface area is 97.6 Å². The third kappa shape index (κ3) is 1.99. The van der Waals surface area contributed by atoms with Gasteiger partial charge < -0.3 is 14.9 Å². The fourth-order valence-corrected chi connectivity index (χ4v) is 1.66. The molecule has 16 heavy (non-hydrogen) atoms. The summed E-state index contributed by atoms with van der Waals surface area (Å²) < 4.78 is 18.1. The van der Waals surface area contributed by atoms with Gasteiger partial charge in [0.15, 0.2) is 11.5 Å². The number of carbonyl (C=O) groups excluding carboxylic acids is 1. The molecule has 0 heterocycles. The van der Waals surface area contributed by atoms with Gasteiger partial charge >= 0.3 is 5.97 Å². The molecule has 0 unspecified atom stereocenters. The molecule has 0 aliphatic heterocycles. The van der Waals surface area contributed by atoms with E-state index in [1.165, 1.54) is 7.11 Å². The van der Waals surface area contributed by atoms with E-state index >= 15 is 0 Å². The van der Waals surface area contributed by atoms with Crippen molar-refractivity contribution in [3.63, 3.8) is 0 Å². The number of aliphatic carboxylic acids is 1. The van der Waals surface area contributed by atoms with E-state index in [2.05, 4.69) is 15.9 Å². The number of hydrogen-bond donors (Lipinski definition) is 2. The number of aromatic hydroxyl groups is 1. The monoisotopic (exact) mass is 292 g/mol. The minimum atomic E-state index is -1.86. The van der Waals surface area contributed by atoms with Crippen molar-refractivity contribution in [2.75, 3.05) is 7.11 Å². The van der Waals surface area contributed by atoms with Crippen LogP contribution >= 0.6 is 15.9 Å². The molecule has 0 atom stereocenters. The molecule has 0 spiro atoms. The third-order valence-corrected chi connectivity index (χ3v) is 2.38. The lowest BCUT2D eigenvalue weighted by Crippen LogP contribution is -2.15. The Balaban J connectivity index is 3.51. The summed E-state index contributed by atoms with van der Waals surface area (Å²) in [5, 5.41) is 17.9. The quantitative estimate of drug-likeness (QED) is 0.653. The number of phenols is 1. The number of hydrogen-bond acceptors (Lipinski definition) is 4. The smallest absolute Gasteiger partial charge is 0.377 e. The van der Waals surface area contributed by atoms with Crippen LogP contribution < -0.4 is 4.74 Å². The number of phenolic OH excluding ortho intramolecular Hbond substituents is 1. The van der Waals surface area contributed by atoms with E-state index in [4.69, 9.17) is 9.84 Å². The van der Waals surface area contributed by atoms with Crippen molar-refractivity contribution in [2.24, 2.45) is 0 Å². The highest BCUT2D eigenvalue weighted by Crippen LogP contribution is 2.38. The van der Waals surface area contributed by atoms with Crippen LogP contribution in [0, 0.1) is 5.82 Å². The summed E-state index contributed by atoms with van der Waals surface area (Å²) in [6.07, 6.45) is 0. The maximum atomic E-state index is 13.3. The van der Waals surface area contributed by atoms with Gasteiger partial charge in [-0.05, 0) is 22.0 Å². The Morgan fingerprint density at radius 1 is 1.50 bits per heavy atom. The molecule has 0 saturated heterocycles. The highest BCUT2D eigenvalue weighted by atomic mass is 79.9. The lowest BCUT2D eigenvalue weighted by molar-refractivity contribution is -0.131. The van der Waals surface area contributed by atoms with Crippen molar-refractivity contribution in [1.29, 1.82) is 0 Å². The number of carbonyl (C=O) groups is 2. The summed E-state index contributed by atoms with van der Waals surface area (Å²) in [6.45, 7) is 0. The lowest BCUT2D eigenvalue weighted by atomic mass is 10.1. The Morgan fingerprint density at radius 3 is 2.50 bits per heavy atom. The van der Waals surface area contributed by atoms with E-state index in [0.29, 0.717) is 0 Å². The fourth-order valence-electron chi connectivity index (χ4n) is 1.11. The van der Waals surface area contributed by atoms with Gasteiger partial charge in [-0.1, -0.05) is 0 Å². The van der Waals surface area contributed by atoms with Crippen LogP contribution in [0.1, 0.15) is 10.4 Å². The average molecular weight is 293 g/mol. The highest BCUT2D eigenvalue weighted by molar-refractivity contribution is 9.10. The summed E-state index contributed by atoms with van der Waals surface area (Å²) >= 11 is 2.89. The van der Waals surface area contributed by atoms with E-state index in [1.54, 1.807) is 0 Å². The van der Waals surface area contributed by atoms with Crippen molar-refractivity contribution < 1.29 is 28.9 Å². The van der Waals surface area contributed by atoms with Gasteiger partial charge in [-0.25, -0.2) is 9.18 Å². The van der Waals surface area contributed by atoms with Crippen LogP contribution in [0.3, 0.4) is 0 Å². The first kappa shape index (κ1) is 12.4. The number of ether oxygens (including phenoxy) is 1. The van der Waals surface area contributed by atoms with E-state index in [9.17, 15) is 19.1 Å². The first-order valence-corrected chi connectivity index (χ1v) is 4.72. The topological polar surface area (TPSA) is 83.8 Å². The van der Waals surface area contributed by atoms with Crippen molar-refractivity contribution in [3.05, 3.63) is 21.9 Å². The number of halogens is 2. The van der Waals surface area contributed by atoms with Gasteiger partial charge in [0.2, 0.25) is 0 Å². The highest BCUT2D eigenvalue weighted by Gasteiger charge is 2.27. The van der Waals surface area contributed by atoms with E-state index in [1.807, 2.05) is 0 Å². The van der Waals surface area contributed by atoms with E-state index in [0.717, 1.165) is 6.07 Å². The van der Waals surface area contributed by atoms with E-state index < -0.39 is 28.9 Å². The Morgan fingerprint density at radius 2 is 2.06 bits per heavy atom. The molecule has 0 aliphatic rings. The predicted octanol–water partition coefficient (Wildman–Crippen LogP) is 1.57. The van der Waals surface area contributed by atoms with Gasteiger partial charge in [0, 0.05) is 0 Å². The van der Waals surface area contributed by atoms with Crippen LogP contribution in [0.2, 0.25) is 0 Å². The second-order valence-electron chi connectivity index (χ2n) is 2.73. The van der Waals surface area contributed by atoms with Crippen LogP contribution in [0.25, 0.3) is 0 Å². The van der Waals surface area contributed by atoms with Crippen molar-refractivity contribution >= 4 is 27.7 Å². The van der Waals surface area contributed by atoms with Crippen LogP contribution in [-0.2, 0) is 4.79 Å². The van der Waals surface area contributed by atoms with Gasteiger partial charge in [0.25, 0.3) is 5.78 Å². The molecule has 2 N–H and O–H groups in total. The number of carboxylic acid groups (broad SMARTS) is 1. The molecule has 0 saturated carbocycles. The maximum absolute atomic E-state index is 13.3. The summed E-state index contributed by atoms with van der Waals surface area (Å²) in [4.78, 5) is 21.5. The largest absolute Gasteiger partial charge is 0.504 e. The molecular weight excluding hydrogens is 287 g/mol. The van der Waals surface area contributed by atoms with Gasteiger partial charge in [-0.3, -0.25) is 4.79 Å². The predicted molar refractivity (Wildman–Crippen MR) is 54.3 cm³/mol. The molecule has 86 valence electrons. The maximum Gasteiger partial charge on any atom is 0.377 e. The average Bonchev–Trinajstić information content (AvgIpc) is 2.17. The summed E-state index contributed by atoms with van der Waals surface area (Å²) in [5.74, 6) is -5.59. The Hall–Kier alpha value is -1.63. The number of benzene rings is 1. The number of rotatable bonds is 3. The number of methoxy groups -OCH3 is 1. The van der Waals surface area contributed by atoms with Crippen LogP contribution in [0.15, 0.2) is 10.5 Å². The molecule has 0 fully saturated rings. The Kier molecular flexibility index (Phi) is 3.48. The Bertz CT molecular complexity index is 471. The molecule has 0 aliphatic carbocycles. The molecule has 0 amide bonds. The van der Waals surface area contributed by atoms with Crippen molar-refractivity contribution in [1.82, 2.24) is 0 Å². The van der Waals surface area contributed by atoms with E-state index in [-0.39, 0.29) is 10.2 Å². The molecule has 0 radical (unpaired) electrons. The second kappa shape index (κ2) is 4.48. The molecule has 7 heteroatoms. The minimum absolute atomic E-state index is 0.0759. The van der Waals surface area contributed by atoms with Gasteiger partial charge in [0.1, 0.15) is 11.4 Å². The molecule has 1 aromatic carbocycles. The number of ketones is 1.